The lowest BCUT2D eigenvalue weighted by atomic mass is 9.84. The van der Waals surface area contributed by atoms with Gasteiger partial charge in [-0.15, -0.1) is 0 Å². The molecule has 0 aromatic heterocycles. The molecule has 2 N–H and O–H groups in total. The molecule has 0 radical (unpaired) electrons. The van der Waals surface area contributed by atoms with E-state index in [0.29, 0.717) is 0 Å². The third-order valence-corrected chi connectivity index (χ3v) is 4.09. The minimum atomic E-state index is -0.871. The number of aliphatic hydroxyl groups excluding tert-OH is 2. The zero-order valence-corrected chi connectivity index (χ0v) is 10.8. The van der Waals surface area contributed by atoms with Crippen molar-refractivity contribution in [2.24, 2.45) is 0 Å². The normalized spacial score (nSPS) is 21.3. The summed E-state index contributed by atoms with van der Waals surface area (Å²) < 4.78 is 0. The van der Waals surface area contributed by atoms with E-state index in [2.05, 4.69) is 18.2 Å². The van der Waals surface area contributed by atoms with Gasteiger partial charge in [-0.05, 0) is 32.7 Å². The summed E-state index contributed by atoms with van der Waals surface area (Å²) in [6.07, 6.45) is 1.87. The first-order valence-corrected chi connectivity index (χ1v) is 6.75. The third kappa shape index (κ3) is 1.46. The topological polar surface area (TPSA) is 40.5 Å². The Morgan fingerprint density at radius 2 is 1.25 bits per heavy atom. The Labute approximate surface area is 116 Å². The van der Waals surface area contributed by atoms with Crippen molar-refractivity contribution in [2.45, 2.75) is 12.2 Å². The SMILES string of the molecule is O[C@H]1C=Cc2c(c3ccccc3c3ccccc23)[C@@H]1O. The van der Waals surface area contributed by atoms with E-state index >= 15 is 0 Å². The van der Waals surface area contributed by atoms with Crippen LogP contribution in [0.15, 0.2) is 54.6 Å². The Balaban J connectivity index is 2.28. The molecule has 3 aromatic carbocycles. The molecule has 20 heavy (non-hydrogen) atoms. The van der Waals surface area contributed by atoms with Gasteiger partial charge < -0.3 is 10.2 Å². The highest BCUT2D eigenvalue weighted by molar-refractivity contribution is 6.13. The molecule has 0 saturated carbocycles. The number of benzene rings is 3. The smallest absolute Gasteiger partial charge is 0.110 e. The minimum Gasteiger partial charge on any atom is -0.386 e. The van der Waals surface area contributed by atoms with E-state index in [0.717, 1.165) is 27.3 Å². The molecule has 0 fully saturated rings. The Kier molecular flexibility index (Phi) is 2.43. The van der Waals surface area contributed by atoms with Crippen LogP contribution in [0.4, 0.5) is 0 Å². The van der Waals surface area contributed by atoms with Gasteiger partial charge in [-0.1, -0.05) is 60.7 Å². The van der Waals surface area contributed by atoms with E-state index < -0.39 is 12.2 Å². The molecule has 3 aromatic rings. The van der Waals surface area contributed by atoms with Gasteiger partial charge in [0.15, 0.2) is 0 Å². The molecule has 2 atom stereocenters. The maximum absolute atomic E-state index is 10.4. The number of hydrogen-bond acceptors (Lipinski definition) is 2. The number of fused-ring (bicyclic) bond motifs is 6. The third-order valence-electron chi connectivity index (χ3n) is 4.09. The fourth-order valence-electron chi connectivity index (χ4n) is 3.16. The van der Waals surface area contributed by atoms with Gasteiger partial charge in [0.25, 0.3) is 0 Å². The molecule has 0 aliphatic heterocycles. The zero-order chi connectivity index (χ0) is 13.7. The molecule has 0 unspecified atom stereocenters. The van der Waals surface area contributed by atoms with Gasteiger partial charge in [0, 0.05) is 0 Å². The van der Waals surface area contributed by atoms with Crippen LogP contribution >= 0.6 is 0 Å². The summed E-state index contributed by atoms with van der Waals surface area (Å²) in [5.41, 5.74) is 1.84. The highest BCUT2D eigenvalue weighted by Crippen LogP contribution is 2.40. The van der Waals surface area contributed by atoms with Crippen LogP contribution in [0.5, 0.6) is 0 Å². The molecule has 0 bridgehead atoms. The van der Waals surface area contributed by atoms with Crippen LogP contribution in [0.3, 0.4) is 0 Å². The molecule has 0 saturated heterocycles. The standard InChI is InChI=1S/C18H14O2/c19-16-10-9-15-13-7-2-1-5-11(13)12-6-3-4-8-14(12)17(15)18(16)20/h1-10,16,18-20H/t16-,18+/m0/s1. The van der Waals surface area contributed by atoms with Crippen LogP contribution in [0, 0.1) is 0 Å². The highest BCUT2D eigenvalue weighted by Gasteiger charge is 2.26. The first kappa shape index (κ1) is 11.6. The number of aliphatic hydroxyl groups is 2. The van der Waals surface area contributed by atoms with Crippen LogP contribution in [0.25, 0.3) is 27.6 Å². The van der Waals surface area contributed by atoms with Gasteiger partial charge in [-0.3, -0.25) is 0 Å². The molecular weight excluding hydrogens is 248 g/mol. The summed E-state index contributed by atoms with van der Waals surface area (Å²) in [4.78, 5) is 0. The molecule has 0 spiro atoms. The maximum Gasteiger partial charge on any atom is 0.110 e. The second-order valence-corrected chi connectivity index (χ2v) is 5.21. The second-order valence-electron chi connectivity index (χ2n) is 5.21. The maximum atomic E-state index is 10.4. The minimum absolute atomic E-state index is 0.828. The lowest BCUT2D eigenvalue weighted by molar-refractivity contribution is 0.0481. The summed E-state index contributed by atoms with van der Waals surface area (Å²) in [5.74, 6) is 0. The molecule has 2 nitrogen and oxygen atoms in total. The van der Waals surface area contributed by atoms with Gasteiger partial charge in [-0.25, -0.2) is 0 Å². The predicted octanol–water partition coefficient (Wildman–Crippen LogP) is 3.41. The second kappa shape index (κ2) is 4.17. The average Bonchev–Trinajstić information content (AvgIpc) is 2.50. The summed E-state index contributed by atoms with van der Waals surface area (Å²) in [6, 6.07) is 16.2. The Hall–Kier alpha value is -2.16. The number of rotatable bonds is 0. The van der Waals surface area contributed by atoms with Crippen molar-refractivity contribution in [1.82, 2.24) is 0 Å². The fraction of sp³-hybridized carbons (Fsp3) is 0.111. The number of hydrogen-bond donors (Lipinski definition) is 2. The van der Waals surface area contributed by atoms with Gasteiger partial charge in [0.2, 0.25) is 0 Å². The van der Waals surface area contributed by atoms with Crippen molar-refractivity contribution in [2.75, 3.05) is 0 Å². The molecule has 98 valence electrons. The Bertz CT molecular complexity index is 849. The molecule has 1 aliphatic carbocycles. The molecule has 0 amide bonds. The van der Waals surface area contributed by atoms with E-state index in [1.165, 1.54) is 5.39 Å². The summed E-state index contributed by atoms with van der Waals surface area (Å²) >= 11 is 0. The van der Waals surface area contributed by atoms with Crippen molar-refractivity contribution >= 4 is 27.6 Å². The predicted molar refractivity (Wildman–Crippen MR) is 81.5 cm³/mol. The molecule has 1 aliphatic rings. The first-order chi connectivity index (χ1) is 9.77. The largest absolute Gasteiger partial charge is 0.386 e. The summed E-state index contributed by atoms with van der Waals surface area (Å²) in [7, 11) is 0. The van der Waals surface area contributed by atoms with Crippen LogP contribution in [0.1, 0.15) is 17.2 Å². The fourth-order valence-corrected chi connectivity index (χ4v) is 3.16. The quantitative estimate of drug-likeness (QED) is 0.609. The molecular formula is C18H14O2. The highest BCUT2D eigenvalue weighted by atomic mass is 16.3. The van der Waals surface area contributed by atoms with E-state index in [1.54, 1.807) is 6.08 Å². The summed E-state index contributed by atoms with van der Waals surface area (Å²) in [5, 5.41) is 24.7. The van der Waals surface area contributed by atoms with Crippen LogP contribution in [-0.2, 0) is 0 Å². The van der Waals surface area contributed by atoms with E-state index in [1.807, 2.05) is 36.4 Å². The van der Waals surface area contributed by atoms with Gasteiger partial charge in [-0.2, -0.15) is 0 Å². The molecule has 4 rings (SSSR count). The first-order valence-electron chi connectivity index (χ1n) is 6.75. The monoisotopic (exact) mass is 262 g/mol. The van der Waals surface area contributed by atoms with Crippen molar-refractivity contribution in [3.63, 3.8) is 0 Å². The van der Waals surface area contributed by atoms with Crippen molar-refractivity contribution in [3.05, 3.63) is 65.7 Å². The zero-order valence-electron chi connectivity index (χ0n) is 10.8. The Morgan fingerprint density at radius 1 is 0.700 bits per heavy atom. The van der Waals surface area contributed by atoms with Gasteiger partial charge in [0.1, 0.15) is 12.2 Å². The van der Waals surface area contributed by atoms with E-state index in [9.17, 15) is 10.2 Å². The van der Waals surface area contributed by atoms with E-state index in [-0.39, 0.29) is 0 Å². The van der Waals surface area contributed by atoms with Crippen LogP contribution in [-0.4, -0.2) is 16.3 Å². The van der Waals surface area contributed by atoms with Crippen LogP contribution in [0.2, 0.25) is 0 Å². The van der Waals surface area contributed by atoms with Gasteiger partial charge >= 0.3 is 0 Å². The van der Waals surface area contributed by atoms with E-state index in [4.69, 9.17) is 0 Å². The van der Waals surface area contributed by atoms with Gasteiger partial charge in [0.05, 0.1) is 0 Å². The molecule has 0 heterocycles. The van der Waals surface area contributed by atoms with Crippen LogP contribution < -0.4 is 0 Å². The molecule has 2 heteroatoms. The van der Waals surface area contributed by atoms with Crippen molar-refractivity contribution in [3.8, 4) is 0 Å². The average molecular weight is 262 g/mol. The lowest BCUT2D eigenvalue weighted by Gasteiger charge is -2.25. The van der Waals surface area contributed by atoms with Crippen molar-refractivity contribution in [1.29, 1.82) is 0 Å². The summed E-state index contributed by atoms with van der Waals surface area (Å²) in [6.45, 7) is 0. The lowest BCUT2D eigenvalue weighted by Crippen LogP contribution is -2.20. The Morgan fingerprint density at radius 3 is 1.95 bits per heavy atom. The van der Waals surface area contributed by atoms with Crippen molar-refractivity contribution < 1.29 is 10.2 Å².